The molecule has 0 aromatic heterocycles. The van der Waals surface area contributed by atoms with Crippen molar-refractivity contribution >= 4 is 11.6 Å². The fraction of sp³-hybridized carbons (Fsp3) is 0.533. The maximum atomic E-state index is 12.3. The molecule has 1 rings (SSSR count). The average Bonchev–Trinajstić information content (AvgIpc) is 2.26. The van der Waals surface area contributed by atoms with Gasteiger partial charge in [-0.25, -0.2) is 0 Å². The molecule has 3 nitrogen and oxygen atoms in total. The van der Waals surface area contributed by atoms with Gasteiger partial charge in [0.15, 0.2) is 0 Å². The topological polar surface area (TPSA) is 46.3 Å². The van der Waals surface area contributed by atoms with Crippen LogP contribution in [0, 0.1) is 5.41 Å². The lowest BCUT2D eigenvalue weighted by molar-refractivity contribution is -0.140. The summed E-state index contributed by atoms with van der Waals surface area (Å²) in [4.78, 5) is 14.3. The number of benzene rings is 1. The largest absolute Gasteiger partial charge is 0.399 e. The molecule has 2 N–H and O–H groups in total. The molecule has 0 heterocycles. The van der Waals surface area contributed by atoms with Crippen molar-refractivity contribution in [1.29, 1.82) is 0 Å². The number of carbonyl (C=O) groups excluding carboxylic acids is 1. The van der Waals surface area contributed by atoms with Crippen molar-refractivity contribution in [3.8, 4) is 0 Å². The molecule has 18 heavy (non-hydrogen) atoms. The van der Waals surface area contributed by atoms with Crippen molar-refractivity contribution < 1.29 is 4.79 Å². The molecule has 100 valence electrons. The van der Waals surface area contributed by atoms with E-state index in [1.165, 1.54) is 0 Å². The highest BCUT2D eigenvalue weighted by Gasteiger charge is 2.26. The Kier molecular flexibility index (Phi) is 4.76. The number of hydrogen-bond acceptors (Lipinski definition) is 2. The van der Waals surface area contributed by atoms with Crippen LogP contribution in [0.4, 0.5) is 5.69 Å². The molecular formula is C15H24N2O. The van der Waals surface area contributed by atoms with Crippen LogP contribution in [-0.4, -0.2) is 17.4 Å². The van der Waals surface area contributed by atoms with Crippen LogP contribution in [-0.2, 0) is 11.3 Å². The van der Waals surface area contributed by atoms with Crippen molar-refractivity contribution in [2.24, 2.45) is 5.41 Å². The lowest BCUT2D eigenvalue weighted by Crippen LogP contribution is -2.39. The summed E-state index contributed by atoms with van der Waals surface area (Å²) in [5.74, 6) is 0.187. The van der Waals surface area contributed by atoms with Crippen LogP contribution < -0.4 is 5.73 Å². The number of rotatable bonds is 4. The van der Waals surface area contributed by atoms with E-state index in [9.17, 15) is 4.79 Å². The summed E-state index contributed by atoms with van der Waals surface area (Å²) in [5, 5.41) is 0. The lowest BCUT2D eigenvalue weighted by Gasteiger charge is -2.29. The molecule has 0 aliphatic heterocycles. The van der Waals surface area contributed by atoms with Crippen molar-refractivity contribution in [2.75, 3.05) is 12.3 Å². The van der Waals surface area contributed by atoms with Gasteiger partial charge in [0.05, 0.1) is 0 Å². The quantitative estimate of drug-likeness (QED) is 0.832. The molecule has 0 spiro atoms. The second-order valence-electron chi connectivity index (χ2n) is 5.72. The number of amides is 1. The molecule has 0 bridgehead atoms. The number of carbonyl (C=O) groups is 1. The molecule has 1 aromatic rings. The normalized spacial score (nSPS) is 11.3. The van der Waals surface area contributed by atoms with Crippen molar-refractivity contribution in [2.45, 2.75) is 40.7 Å². The first kappa shape index (κ1) is 14.6. The van der Waals surface area contributed by atoms with Crippen molar-refractivity contribution in [3.63, 3.8) is 0 Å². The van der Waals surface area contributed by atoms with E-state index in [-0.39, 0.29) is 11.3 Å². The molecule has 0 radical (unpaired) electrons. The summed E-state index contributed by atoms with van der Waals surface area (Å²) in [6.45, 7) is 9.37. The lowest BCUT2D eigenvalue weighted by atomic mass is 9.94. The average molecular weight is 248 g/mol. The van der Waals surface area contributed by atoms with Crippen LogP contribution in [0.25, 0.3) is 0 Å². The van der Waals surface area contributed by atoms with Gasteiger partial charge in [0.25, 0.3) is 0 Å². The summed E-state index contributed by atoms with van der Waals surface area (Å²) in [7, 11) is 0. The summed E-state index contributed by atoms with van der Waals surface area (Å²) in [6, 6.07) is 7.73. The Labute approximate surface area is 110 Å². The molecule has 0 aliphatic rings. The minimum absolute atomic E-state index is 0.187. The third-order valence-corrected chi connectivity index (χ3v) is 2.75. The zero-order valence-electron chi connectivity index (χ0n) is 11.9. The van der Waals surface area contributed by atoms with Crippen molar-refractivity contribution in [1.82, 2.24) is 4.90 Å². The number of nitrogens with two attached hydrogens (primary N) is 1. The van der Waals surface area contributed by atoms with E-state index in [1.54, 1.807) is 0 Å². The zero-order chi connectivity index (χ0) is 13.8. The van der Waals surface area contributed by atoms with Gasteiger partial charge in [0.2, 0.25) is 5.91 Å². The van der Waals surface area contributed by atoms with Gasteiger partial charge in [-0.3, -0.25) is 4.79 Å². The Bertz CT molecular complexity index is 407. The molecule has 1 aromatic carbocycles. The molecule has 0 saturated carbocycles. The molecule has 0 atom stereocenters. The molecule has 0 aliphatic carbocycles. The van der Waals surface area contributed by atoms with Gasteiger partial charge in [-0.1, -0.05) is 39.8 Å². The highest BCUT2D eigenvalue weighted by molar-refractivity contribution is 5.81. The fourth-order valence-corrected chi connectivity index (χ4v) is 1.91. The summed E-state index contributed by atoms with van der Waals surface area (Å²) in [6.07, 6.45) is 0.962. The van der Waals surface area contributed by atoms with E-state index in [0.29, 0.717) is 6.54 Å². The third-order valence-electron chi connectivity index (χ3n) is 2.75. The Balaban J connectivity index is 2.84. The first-order valence-corrected chi connectivity index (χ1v) is 6.48. The van der Waals surface area contributed by atoms with Crippen LogP contribution in [0.2, 0.25) is 0 Å². The maximum Gasteiger partial charge on any atom is 0.228 e. The molecule has 1 amide bonds. The SMILES string of the molecule is CCCN(Cc1cccc(N)c1)C(=O)C(C)(C)C. The predicted molar refractivity (Wildman–Crippen MR) is 76.0 cm³/mol. The molecule has 3 heteroatoms. The maximum absolute atomic E-state index is 12.3. The number of hydrogen-bond donors (Lipinski definition) is 1. The van der Waals surface area contributed by atoms with E-state index in [1.807, 2.05) is 49.9 Å². The van der Waals surface area contributed by atoms with Gasteiger partial charge >= 0.3 is 0 Å². The fourth-order valence-electron chi connectivity index (χ4n) is 1.91. The van der Waals surface area contributed by atoms with E-state index in [4.69, 9.17) is 5.73 Å². The highest BCUT2D eigenvalue weighted by atomic mass is 16.2. The van der Waals surface area contributed by atoms with Crippen LogP contribution >= 0.6 is 0 Å². The van der Waals surface area contributed by atoms with Gasteiger partial charge in [-0.2, -0.15) is 0 Å². The van der Waals surface area contributed by atoms with Gasteiger partial charge < -0.3 is 10.6 Å². The van der Waals surface area contributed by atoms with E-state index in [0.717, 1.165) is 24.2 Å². The highest BCUT2D eigenvalue weighted by Crippen LogP contribution is 2.20. The van der Waals surface area contributed by atoms with Crippen LogP contribution in [0.5, 0.6) is 0 Å². The second-order valence-corrected chi connectivity index (χ2v) is 5.72. The van der Waals surface area contributed by atoms with Crippen LogP contribution in [0.1, 0.15) is 39.7 Å². The zero-order valence-corrected chi connectivity index (χ0v) is 11.9. The smallest absolute Gasteiger partial charge is 0.228 e. The number of nitrogen functional groups attached to an aromatic ring is 1. The van der Waals surface area contributed by atoms with Gasteiger partial charge in [0, 0.05) is 24.2 Å². The third kappa shape index (κ3) is 4.06. The van der Waals surface area contributed by atoms with E-state index < -0.39 is 0 Å². The van der Waals surface area contributed by atoms with Crippen LogP contribution in [0.15, 0.2) is 24.3 Å². The Morgan fingerprint density at radius 2 is 2.00 bits per heavy atom. The molecule has 0 saturated heterocycles. The first-order chi connectivity index (χ1) is 8.34. The van der Waals surface area contributed by atoms with E-state index >= 15 is 0 Å². The number of nitrogens with zero attached hydrogens (tertiary/aromatic N) is 1. The summed E-state index contributed by atoms with van der Waals surface area (Å²) < 4.78 is 0. The predicted octanol–water partition coefficient (Wildman–Crippen LogP) is 3.05. The van der Waals surface area contributed by atoms with Gasteiger partial charge in [-0.05, 0) is 24.1 Å². The Hall–Kier alpha value is -1.51. The molecule has 0 unspecified atom stereocenters. The first-order valence-electron chi connectivity index (χ1n) is 6.48. The van der Waals surface area contributed by atoms with E-state index in [2.05, 4.69) is 6.92 Å². The van der Waals surface area contributed by atoms with Crippen LogP contribution in [0.3, 0.4) is 0 Å². The van der Waals surface area contributed by atoms with Gasteiger partial charge in [0.1, 0.15) is 0 Å². The van der Waals surface area contributed by atoms with Crippen molar-refractivity contribution in [3.05, 3.63) is 29.8 Å². The summed E-state index contributed by atoms with van der Waals surface area (Å²) in [5.41, 5.74) is 7.26. The standard InChI is InChI=1S/C15H24N2O/c1-5-9-17(14(18)15(2,3)4)11-12-7-6-8-13(16)10-12/h6-8,10H,5,9,11,16H2,1-4H3. The Morgan fingerprint density at radius 3 is 2.50 bits per heavy atom. The molecule has 0 fully saturated rings. The monoisotopic (exact) mass is 248 g/mol. The Morgan fingerprint density at radius 1 is 1.33 bits per heavy atom. The minimum Gasteiger partial charge on any atom is -0.399 e. The summed E-state index contributed by atoms with van der Waals surface area (Å²) >= 11 is 0. The number of anilines is 1. The minimum atomic E-state index is -0.338. The molecular weight excluding hydrogens is 224 g/mol. The second kappa shape index (κ2) is 5.89. The van der Waals surface area contributed by atoms with Gasteiger partial charge in [-0.15, -0.1) is 0 Å².